The van der Waals surface area contributed by atoms with Gasteiger partial charge in [0.05, 0.1) is 17.0 Å². The van der Waals surface area contributed by atoms with E-state index in [4.69, 9.17) is 11.5 Å². The first-order valence-electron chi connectivity index (χ1n) is 13.8. The number of fused-ring (bicyclic) bond motifs is 2. The Morgan fingerprint density at radius 1 is 0.714 bits per heavy atom. The van der Waals surface area contributed by atoms with Crippen LogP contribution in [0.25, 0.3) is 32.0 Å². The van der Waals surface area contributed by atoms with Gasteiger partial charge in [-0.2, -0.15) is 0 Å². The van der Waals surface area contributed by atoms with Crippen LogP contribution in [0.3, 0.4) is 0 Å². The number of aromatic nitrogens is 1. The molecule has 0 saturated carbocycles. The van der Waals surface area contributed by atoms with Crippen molar-refractivity contribution in [2.24, 2.45) is 11.5 Å². The lowest BCUT2D eigenvalue weighted by atomic mass is 10.00. The van der Waals surface area contributed by atoms with Gasteiger partial charge in [-0.1, -0.05) is 115 Å². The maximum Gasteiger partial charge on any atom is 0.268 e. The van der Waals surface area contributed by atoms with Gasteiger partial charge in [0, 0.05) is 0 Å². The van der Waals surface area contributed by atoms with Crippen molar-refractivity contribution in [1.29, 1.82) is 0 Å². The molecule has 208 valence electrons. The second kappa shape index (κ2) is 11.9. The van der Waals surface area contributed by atoms with Gasteiger partial charge in [-0.15, -0.1) is 11.3 Å². The minimum Gasteiger partial charge on any atom is -0.364 e. The average molecular weight is 571 g/mol. The van der Waals surface area contributed by atoms with E-state index in [0.717, 1.165) is 38.2 Å². The summed E-state index contributed by atoms with van der Waals surface area (Å²) in [4.78, 5) is 31.3. The third-order valence-electron chi connectivity index (χ3n) is 7.39. The van der Waals surface area contributed by atoms with Crippen molar-refractivity contribution in [2.45, 2.75) is 24.9 Å². The number of rotatable bonds is 9. The van der Waals surface area contributed by atoms with Gasteiger partial charge in [0.15, 0.2) is 0 Å². The van der Waals surface area contributed by atoms with Crippen molar-refractivity contribution in [1.82, 2.24) is 10.3 Å². The number of hydrogen-bond acceptors (Lipinski definition) is 5. The Morgan fingerprint density at radius 2 is 1.26 bits per heavy atom. The lowest BCUT2D eigenvalue weighted by molar-refractivity contribution is -0.123. The molecule has 0 saturated heterocycles. The number of primary amides is 1. The highest BCUT2D eigenvalue weighted by atomic mass is 32.1. The molecule has 0 aliphatic rings. The second-order valence-corrected chi connectivity index (χ2v) is 11.4. The lowest BCUT2D eigenvalue weighted by Gasteiger charge is -2.20. The Bertz CT molecular complexity index is 1900. The topological polar surface area (TPSA) is 111 Å². The number of nitrogens with one attached hydrogen (secondary N) is 1. The summed E-state index contributed by atoms with van der Waals surface area (Å²) in [6.45, 7) is 0. The third-order valence-corrected chi connectivity index (χ3v) is 8.61. The second-order valence-electron chi connectivity index (χ2n) is 10.4. The first-order chi connectivity index (χ1) is 20.4. The number of hydrogen-bond donors (Lipinski definition) is 3. The Hall–Kier alpha value is -4.85. The fourth-order valence-corrected chi connectivity index (χ4v) is 6.36. The highest BCUT2D eigenvalue weighted by molar-refractivity contribution is 7.15. The Kier molecular flexibility index (Phi) is 7.77. The zero-order chi connectivity index (χ0) is 29.1. The van der Waals surface area contributed by atoms with E-state index in [-0.39, 0.29) is 11.6 Å². The smallest absolute Gasteiger partial charge is 0.268 e. The normalized spacial score (nSPS) is 12.7. The van der Waals surface area contributed by atoms with Crippen LogP contribution in [0.2, 0.25) is 0 Å². The van der Waals surface area contributed by atoms with E-state index >= 15 is 0 Å². The van der Waals surface area contributed by atoms with Crippen LogP contribution in [0.5, 0.6) is 0 Å². The summed E-state index contributed by atoms with van der Waals surface area (Å²) in [5.74, 6) is -0.897. The van der Waals surface area contributed by atoms with Gasteiger partial charge in [0.25, 0.3) is 5.91 Å². The fraction of sp³-hybridized carbons (Fsp3) is 0.114. The first-order valence-corrected chi connectivity index (χ1v) is 14.6. The van der Waals surface area contributed by atoms with Gasteiger partial charge >= 0.3 is 0 Å². The number of benzene rings is 5. The number of thiazole rings is 1. The van der Waals surface area contributed by atoms with Crippen molar-refractivity contribution in [3.63, 3.8) is 0 Å². The van der Waals surface area contributed by atoms with Gasteiger partial charge in [0.2, 0.25) is 5.91 Å². The van der Waals surface area contributed by atoms with Gasteiger partial charge in [0.1, 0.15) is 10.7 Å². The van der Waals surface area contributed by atoms with Crippen molar-refractivity contribution in [3.05, 3.63) is 137 Å². The predicted octanol–water partition coefficient (Wildman–Crippen LogP) is 6.19. The van der Waals surface area contributed by atoms with Crippen molar-refractivity contribution in [3.8, 4) is 10.4 Å². The van der Waals surface area contributed by atoms with Crippen LogP contribution in [-0.4, -0.2) is 22.8 Å². The predicted molar refractivity (Wildman–Crippen MR) is 170 cm³/mol. The van der Waals surface area contributed by atoms with Crippen LogP contribution in [0, 0.1) is 0 Å². The van der Waals surface area contributed by atoms with Crippen molar-refractivity contribution < 1.29 is 9.59 Å². The van der Waals surface area contributed by atoms with Gasteiger partial charge in [-0.25, -0.2) is 4.98 Å². The number of nitrogens with two attached hydrogens (primary N) is 2. The van der Waals surface area contributed by atoms with Gasteiger partial charge in [-0.05, 0) is 51.1 Å². The minimum atomic E-state index is -0.769. The molecule has 0 aliphatic carbocycles. The molecule has 6 nitrogen and oxygen atoms in total. The summed E-state index contributed by atoms with van der Waals surface area (Å²) < 4.78 is 0. The molecule has 2 amide bonds. The molecule has 7 heteroatoms. The molecule has 0 fully saturated rings. The molecule has 0 unspecified atom stereocenters. The summed E-state index contributed by atoms with van der Waals surface area (Å²) in [5.41, 5.74) is 15.3. The zero-order valence-electron chi connectivity index (χ0n) is 22.9. The molecule has 1 heterocycles. The fourth-order valence-electron chi connectivity index (χ4n) is 5.23. The van der Waals surface area contributed by atoms with Gasteiger partial charge in [-0.3, -0.25) is 9.59 Å². The van der Waals surface area contributed by atoms with E-state index in [1.165, 1.54) is 11.3 Å². The molecule has 0 radical (unpaired) electrons. The molecule has 2 atom stereocenters. The standard InChI is InChI=1S/C35H30N4O2S/c36-29(20-22-14-16-24-8-4-6-12-27(24)18-22)34(41)38-30(21-23-15-17-25-9-5-7-13-28(25)19-23)35-39-31(33(37)40)32(42-35)26-10-2-1-3-11-26/h1-19,29-30H,20-21,36H2,(H2,37,40)(H,38,41)/t29-,30-/m1/s1. The van der Waals surface area contributed by atoms with Crippen LogP contribution in [-0.2, 0) is 17.6 Å². The van der Waals surface area contributed by atoms with Crippen LogP contribution in [0.15, 0.2) is 115 Å². The molecule has 6 aromatic rings. The van der Waals surface area contributed by atoms with E-state index in [2.05, 4.69) is 52.8 Å². The Morgan fingerprint density at radius 3 is 1.86 bits per heavy atom. The molecule has 42 heavy (non-hydrogen) atoms. The molecule has 0 spiro atoms. The van der Waals surface area contributed by atoms with Gasteiger partial charge < -0.3 is 16.8 Å². The average Bonchev–Trinajstić information content (AvgIpc) is 3.47. The van der Waals surface area contributed by atoms with Crippen LogP contribution >= 0.6 is 11.3 Å². The maximum atomic E-state index is 13.5. The number of amides is 2. The van der Waals surface area contributed by atoms with Crippen LogP contribution < -0.4 is 16.8 Å². The van der Waals surface area contributed by atoms with Crippen LogP contribution in [0.4, 0.5) is 0 Å². The minimum absolute atomic E-state index is 0.194. The number of carbonyl (C=O) groups excluding carboxylic acids is 2. The van der Waals surface area contributed by atoms with E-state index in [0.29, 0.717) is 22.7 Å². The molecule has 5 N–H and O–H groups in total. The van der Waals surface area contributed by atoms with E-state index in [1.54, 1.807) is 0 Å². The SMILES string of the molecule is NC(=O)c1nc([C@@H](Cc2ccc3ccccc3c2)NC(=O)[C@H](N)Cc2ccc3ccccc3c2)sc1-c1ccccc1. The lowest BCUT2D eigenvalue weighted by Crippen LogP contribution is -2.44. The summed E-state index contributed by atoms with van der Waals surface area (Å²) >= 11 is 1.36. The monoisotopic (exact) mass is 570 g/mol. The Balaban J connectivity index is 1.31. The molecular weight excluding hydrogens is 540 g/mol. The van der Waals surface area contributed by atoms with E-state index in [1.807, 2.05) is 72.8 Å². The number of nitrogens with zero attached hydrogens (tertiary/aromatic N) is 1. The molecule has 0 aliphatic heterocycles. The summed E-state index contributed by atoms with van der Waals surface area (Å²) in [7, 11) is 0. The summed E-state index contributed by atoms with van der Waals surface area (Å²) in [5, 5.41) is 8.23. The molecule has 1 aromatic heterocycles. The number of carbonyl (C=O) groups is 2. The summed E-state index contributed by atoms with van der Waals surface area (Å²) in [6.07, 6.45) is 0.859. The van der Waals surface area contributed by atoms with Crippen molar-refractivity contribution >= 4 is 44.7 Å². The highest BCUT2D eigenvalue weighted by Gasteiger charge is 2.26. The van der Waals surface area contributed by atoms with Crippen molar-refractivity contribution in [2.75, 3.05) is 0 Å². The highest BCUT2D eigenvalue weighted by Crippen LogP contribution is 2.34. The quantitative estimate of drug-likeness (QED) is 0.193. The zero-order valence-corrected chi connectivity index (χ0v) is 23.7. The molecular formula is C35H30N4O2S. The van der Waals surface area contributed by atoms with Crippen LogP contribution in [0.1, 0.15) is 32.7 Å². The van der Waals surface area contributed by atoms with E-state index in [9.17, 15) is 9.59 Å². The third kappa shape index (κ3) is 5.93. The summed E-state index contributed by atoms with van der Waals surface area (Å²) in [6, 6.07) is 36.9. The largest absolute Gasteiger partial charge is 0.364 e. The Labute approximate surface area is 248 Å². The molecule has 0 bridgehead atoms. The van der Waals surface area contributed by atoms with E-state index < -0.39 is 18.0 Å². The molecule has 6 rings (SSSR count). The maximum absolute atomic E-state index is 13.5. The molecule has 5 aromatic carbocycles. The first kappa shape index (κ1) is 27.3.